The van der Waals surface area contributed by atoms with Gasteiger partial charge in [-0.2, -0.15) is 13.2 Å². The standard InChI is InChI=1S/C14H7BrF3NO2/c15-9-2-1-3-10-12(9)21-13(19-10)7-4-5-11(20)8(6-7)14(16,17)18/h1-6,20H. The highest BCUT2D eigenvalue weighted by atomic mass is 79.9. The Morgan fingerprint density at radius 2 is 1.90 bits per heavy atom. The van der Waals surface area contributed by atoms with E-state index >= 15 is 0 Å². The number of phenols is 1. The van der Waals surface area contributed by atoms with Crippen molar-refractivity contribution in [2.24, 2.45) is 0 Å². The molecule has 0 bridgehead atoms. The maximum atomic E-state index is 12.8. The summed E-state index contributed by atoms with van der Waals surface area (Å²) < 4.78 is 44.5. The second-order valence-corrected chi connectivity index (χ2v) is 5.19. The summed E-state index contributed by atoms with van der Waals surface area (Å²) in [6.07, 6.45) is -4.65. The van der Waals surface area contributed by atoms with E-state index in [4.69, 9.17) is 4.42 Å². The maximum Gasteiger partial charge on any atom is 0.419 e. The minimum Gasteiger partial charge on any atom is -0.507 e. The number of benzene rings is 2. The number of phenolic OH excluding ortho intramolecular Hbond substituents is 1. The molecule has 3 nitrogen and oxygen atoms in total. The predicted octanol–water partition coefficient (Wildman–Crippen LogP) is 4.98. The summed E-state index contributed by atoms with van der Waals surface area (Å²) in [5.41, 5.74) is -0.000288. The molecule has 1 N–H and O–H groups in total. The zero-order valence-corrected chi connectivity index (χ0v) is 11.9. The van der Waals surface area contributed by atoms with E-state index in [1.54, 1.807) is 18.2 Å². The number of para-hydroxylation sites is 1. The number of halogens is 4. The van der Waals surface area contributed by atoms with Gasteiger partial charge in [-0.05, 0) is 46.3 Å². The summed E-state index contributed by atoms with van der Waals surface area (Å²) >= 11 is 3.29. The van der Waals surface area contributed by atoms with E-state index in [0.717, 1.165) is 12.1 Å². The van der Waals surface area contributed by atoms with Crippen molar-refractivity contribution in [3.8, 4) is 17.2 Å². The summed E-state index contributed by atoms with van der Waals surface area (Å²) in [6, 6.07) is 8.29. The fraction of sp³-hybridized carbons (Fsp3) is 0.0714. The molecule has 108 valence electrons. The number of rotatable bonds is 1. The first-order chi connectivity index (χ1) is 9.86. The first-order valence-electron chi connectivity index (χ1n) is 5.82. The van der Waals surface area contributed by atoms with E-state index in [2.05, 4.69) is 20.9 Å². The van der Waals surface area contributed by atoms with Gasteiger partial charge in [0.2, 0.25) is 5.89 Å². The summed E-state index contributed by atoms with van der Waals surface area (Å²) in [4.78, 5) is 4.15. The van der Waals surface area contributed by atoms with Crippen molar-refractivity contribution < 1.29 is 22.7 Å². The molecule has 2 aromatic carbocycles. The molecule has 0 radical (unpaired) electrons. The molecule has 21 heavy (non-hydrogen) atoms. The van der Waals surface area contributed by atoms with Crippen molar-refractivity contribution in [3.05, 3.63) is 46.4 Å². The monoisotopic (exact) mass is 357 g/mol. The van der Waals surface area contributed by atoms with Gasteiger partial charge in [0.15, 0.2) is 5.58 Å². The first-order valence-corrected chi connectivity index (χ1v) is 6.61. The van der Waals surface area contributed by atoms with Crippen molar-refractivity contribution >= 4 is 27.0 Å². The summed E-state index contributed by atoms with van der Waals surface area (Å²) in [6.45, 7) is 0. The molecule has 0 amide bonds. The molecule has 0 spiro atoms. The van der Waals surface area contributed by atoms with Crippen LogP contribution in [0.1, 0.15) is 5.56 Å². The van der Waals surface area contributed by atoms with Crippen LogP contribution in [0.5, 0.6) is 5.75 Å². The molecular formula is C14H7BrF3NO2. The van der Waals surface area contributed by atoms with Crippen LogP contribution in [0.3, 0.4) is 0 Å². The number of nitrogens with zero attached hydrogens (tertiary/aromatic N) is 1. The molecular weight excluding hydrogens is 351 g/mol. The molecule has 0 fully saturated rings. The molecule has 0 saturated heterocycles. The lowest BCUT2D eigenvalue weighted by molar-refractivity contribution is -0.138. The lowest BCUT2D eigenvalue weighted by atomic mass is 10.1. The average molecular weight is 358 g/mol. The van der Waals surface area contributed by atoms with Gasteiger partial charge in [0.1, 0.15) is 11.3 Å². The minimum atomic E-state index is -4.65. The van der Waals surface area contributed by atoms with Crippen LogP contribution < -0.4 is 0 Å². The number of aromatic hydroxyl groups is 1. The maximum absolute atomic E-state index is 12.8. The van der Waals surface area contributed by atoms with Gasteiger partial charge in [-0.25, -0.2) is 4.98 Å². The lowest BCUT2D eigenvalue weighted by Gasteiger charge is -2.09. The van der Waals surface area contributed by atoms with Gasteiger partial charge in [0.25, 0.3) is 0 Å². The van der Waals surface area contributed by atoms with Gasteiger partial charge in [-0.15, -0.1) is 0 Å². The Morgan fingerprint density at radius 3 is 2.57 bits per heavy atom. The highest BCUT2D eigenvalue weighted by Gasteiger charge is 2.34. The molecule has 3 rings (SSSR count). The molecule has 0 aliphatic heterocycles. The Hall–Kier alpha value is -2.02. The van der Waals surface area contributed by atoms with Crippen molar-refractivity contribution in [1.82, 2.24) is 4.98 Å². The second-order valence-electron chi connectivity index (χ2n) is 4.34. The topological polar surface area (TPSA) is 46.3 Å². The van der Waals surface area contributed by atoms with Crippen molar-refractivity contribution in [1.29, 1.82) is 0 Å². The van der Waals surface area contributed by atoms with Gasteiger partial charge in [0.05, 0.1) is 10.0 Å². The summed E-state index contributed by atoms with van der Waals surface area (Å²) in [5, 5.41) is 9.32. The Balaban J connectivity index is 2.17. The van der Waals surface area contributed by atoms with E-state index in [1.807, 2.05) is 0 Å². The molecule has 1 heterocycles. The Morgan fingerprint density at radius 1 is 1.14 bits per heavy atom. The third kappa shape index (κ3) is 2.49. The zero-order chi connectivity index (χ0) is 15.2. The molecule has 0 atom stereocenters. The number of oxazole rings is 1. The van der Waals surface area contributed by atoms with Crippen LogP contribution in [0, 0.1) is 0 Å². The van der Waals surface area contributed by atoms with E-state index in [-0.39, 0.29) is 11.5 Å². The Bertz CT molecular complexity index is 827. The van der Waals surface area contributed by atoms with E-state index in [0.29, 0.717) is 15.6 Å². The smallest absolute Gasteiger partial charge is 0.419 e. The summed E-state index contributed by atoms with van der Waals surface area (Å²) in [7, 11) is 0. The third-order valence-electron chi connectivity index (χ3n) is 2.92. The van der Waals surface area contributed by atoms with Crippen LogP contribution in [0.25, 0.3) is 22.6 Å². The molecule has 0 aliphatic rings. The third-order valence-corrected chi connectivity index (χ3v) is 3.54. The minimum absolute atomic E-state index is 0.0578. The summed E-state index contributed by atoms with van der Waals surface area (Å²) in [5.74, 6) is -0.772. The van der Waals surface area contributed by atoms with E-state index in [9.17, 15) is 18.3 Å². The first kappa shape index (κ1) is 13.9. The second kappa shape index (κ2) is 4.77. The number of aromatic nitrogens is 1. The quantitative estimate of drug-likeness (QED) is 0.667. The van der Waals surface area contributed by atoms with Crippen molar-refractivity contribution in [2.75, 3.05) is 0 Å². The van der Waals surface area contributed by atoms with Crippen molar-refractivity contribution in [3.63, 3.8) is 0 Å². The van der Waals surface area contributed by atoms with E-state index < -0.39 is 17.5 Å². The van der Waals surface area contributed by atoms with Gasteiger partial charge in [-0.1, -0.05) is 6.07 Å². The van der Waals surface area contributed by atoms with E-state index in [1.165, 1.54) is 6.07 Å². The van der Waals surface area contributed by atoms with Crippen molar-refractivity contribution in [2.45, 2.75) is 6.18 Å². The number of hydrogen-bond donors (Lipinski definition) is 1. The fourth-order valence-corrected chi connectivity index (χ4v) is 2.37. The zero-order valence-electron chi connectivity index (χ0n) is 10.3. The van der Waals surface area contributed by atoms with Gasteiger partial charge in [-0.3, -0.25) is 0 Å². The molecule has 0 aliphatic carbocycles. The van der Waals surface area contributed by atoms with Crippen LogP contribution in [0.2, 0.25) is 0 Å². The predicted molar refractivity (Wildman–Crippen MR) is 73.8 cm³/mol. The largest absolute Gasteiger partial charge is 0.507 e. The number of alkyl halides is 3. The Labute approximate surface area is 125 Å². The molecule has 0 unspecified atom stereocenters. The Kier molecular flexibility index (Phi) is 3.16. The molecule has 7 heteroatoms. The fourth-order valence-electron chi connectivity index (χ4n) is 1.94. The molecule has 0 saturated carbocycles. The highest BCUT2D eigenvalue weighted by molar-refractivity contribution is 9.10. The van der Waals surface area contributed by atoms with Crippen LogP contribution in [-0.4, -0.2) is 10.1 Å². The van der Waals surface area contributed by atoms with Gasteiger partial charge in [0, 0.05) is 5.56 Å². The highest BCUT2D eigenvalue weighted by Crippen LogP contribution is 2.38. The van der Waals surface area contributed by atoms with Gasteiger partial charge >= 0.3 is 6.18 Å². The normalized spacial score (nSPS) is 12.0. The average Bonchev–Trinajstić information content (AvgIpc) is 2.83. The lowest BCUT2D eigenvalue weighted by Crippen LogP contribution is -2.05. The van der Waals surface area contributed by atoms with Gasteiger partial charge < -0.3 is 9.52 Å². The van der Waals surface area contributed by atoms with Crippen LogP contribution >= 0.6 is 15.9 Å². The molecule has 1 aromatic heterocycles. The van der Waals surface area contributed by atoms with Crippen LogP contribution in [-0.2, 0) is 6.18 Å². The number of fused-ring (bicyclic) bond motifs is 1. The SMILES string of the molecule is Oc1ccc(-c2nc3cccc(Br)c3o2)cc1C(F)(F)F. The van der Waals surface area contributed by atoms with Crippen LogP contribution in [0.4, 0.5) is 13.2 Å². The van der Waals surface area contributed by atoms with Crippen LogP contribution in [0.15, 0.2) is 45.3 Å². The molecule has 3 aromatic rings. The number of hydrogen-bond acceptors (Lipinski definition) is 3.